The number of hydrogen-bond acceptors (Lipinski definition) is 3. The Bertz CT molecular complexity index is 340. The molecular weight excluding hydrogens is 224 g/mol. The molecule has 1 heterocycles. The highest BCUT2D eigenvalue weighted by Gasteiger charge is 2.52. The van der Waals surface area contributed by atoms with E-state index in [2.05, 4.69) is 5.32 Å². The number of amides is 2. The number of nitrogens with one attached hydrogen (secondary N) is 1. The number of carbonyl (C=O) groups excluding carboxylic acids is 1. The van der Waals surface area contributed by atoms with Crippen LogP contribution in [0.2, 0.25) is 0 Å². The standard InChI is InChI=1S/C11H18N2O4/c1-7-6-13(5-2-8(7)14)10(17)12-11(3-4-11)9(15)16/h7-8,14H,2-6H2,1H3,(H,12,17)(H,15,16). The van der Waals surface area contributed by atoms with Gasteiger partial charge >= 0.3 is 12.0 Å². The quantitative estimate of drug-likeness (QED) is 0.636. The van der Waals surface area contributed by atoms with Crippen molar-refractivity contribution in [2.45, 2.75) is 37.8 Å². The molecule has 2 fully saturated rings. The van der Waals surface area contributed by atoms with Crippen molar-refractivity contribution in [1.82, 2.24) is 10.2 Å². The Balaban J connectivity index is 1.91. The predicted octanol–water partition coefficient (Wildman–Crippen LogP) is 0.0159. The summed E-state index contributed by atoms with van der Waals surface area (Å²) < 4.78 is 0. The molecule has 17 heavy (non-hydrogen) atoms. The van der Waals surface area contributed by atoms with Crippen LogP contribution in [-0.4, -0.2) is 51.8 Å². The van der Waals surface area contributed by atoms with Crippen LogP contribution in [0.3, 0.4) is 0 Å². The van der Waals surface area contributed by atoms with Crippen molar-refractivity contribution in [2.75, 3.05) is 13.1 Å². The van der Waals surface area contributed by atoms with Crippen LogP contribution >= 0.6 is 0 Å². The summed E-state index contributed by atoms with van der Waals surface area (Å²) in [6.07, 6.45) is 1.18. The topological polar surface area (TPSA) is 89.9 Å². The fraction of sp³-hybridized carbons (Fsp3) is 0.818. The predicted molar refractivity (Wildman–Crippen MR) is 59.5 cm³/mol. The van der Waals surface area contributed by atoms with Crippen molar-refractivity contribution < 1.29 is 19.8 Å². The molecule has 0 aromatic rings. The summed E-state index contributed by atoms with van der Waals surface area (Å²) in [6, 6.07) is -0.330. The summed E-state index contributed by atoms with van der Waals surface area (Å²) in [4.78, 5) is 24.4. The second-order valence-electron chi connectivity index (χ2n) is 5.10. The number of carboxylic acids is 1. The lowest BCUT2D eigenvalue weighted by atomic mass is 9.97. The summed E-state index contributed by atoms with van der Waals surface area (Å²) in [5, 5.41) is 21.1. The maximum Gasteiger partial charge on any atom is 0.329 e. The Hall–Kier alpha value is -1.30. The van der Waals surface area contributed by atoms with Crippen LogP contribution in [0.25, 0.3) is 0 Å². The molecule has 0 radical (unpaired) electrons. The number of carbonyl (C=O) groups is 2. The minimum absolute atomic E-state index is 0.0366. The van der Waals surface area contributed by atoms with E-state index < -0.39 is 11.5 Å². The van der Waals surface area contributed by atoms with Crippen LogP contribution in [0.15, 0.2) is 0 Å². The van der Waals surface area contributed by atoms with E-state index in [-0.39, 0.29) is 18.1 Å². The van der Waals surface area contributed by atoms with E-state index in [1.165, 1.54) is 0 Å². The third-order valence-electron chi connectivity index (χ3n) is 3.65. The fourth-order valence-corrected chi connectivity index (χ4v) is 2.12. The molecule has 2 amide bonds. The van der Waals surface area contributed by atoms with Crippen molar-refractivity contribution in [3.05, 3.63) is 0 Å². The molecule has 1 saturated carbocycles. The number of nitrogens with zero attached hydrogens (tertiary/aromatic N) is 1. The summed E-state index contributed by atoms with van der Waals surface area (Å²) in [6.45, 7) is 2.84. The first-order valence-corrected chi connectivity index (χ1v) is 5.93. The summed E-state index contributed by atoms with van der Waals surface area (Å²) in [5.41, 5.74) is -1.03. The second kappa shape index (κ2) is 4.18. The Labute approximate surface area is 99.6 Å². The highest BCUT2D eigenvalue weighted by atomic mass is 16.4. The zero-order valence-electron chi connectivity index (χ0n) is 9.85. The Morgan fingerprint density at radius 2 is 2.06 bits per heavy atom. The van der Waals surface area contributed by atoms with Gasteiger partial charge < -0.3 is 20.4 Å². The van der Waals surface area contributed by atoms with E-state index in [9.17, 15) is 14.7 Å². The van der Waals surface area contributed by atoms with Crippen LogP contribution in [0.1, 0.15) is 26.2 Å². The molecule has 0 aromatic carbocycles. The van der Waals surface area contributed by atoms with Gasteiger partial charge in [-0.2, -0.15) is 0 Å². The third kappa shape index (κ3) is 2.36. The van der Waals surface area contributed by atoms with Gasteiger partial charge in [0, 0.05) is 13.1 Å². The first-order valence-electron chi connectivity index (χ1n) is 5.93. The van der Waals surface area contributed by atoms with Gasteiger partial charge in [-0.1, -0.05) is 6.92 Å². The maximum atomic E-state index is 11.9. The number of likely N-dealkylation sites (tertiary alicyclic amines) is 1. The smallest absolute Gasteiger partial charge is 0.329 e. The van der Waals surface area contributed by atoms with E-state index >= 15 is 0 Å². The molecule has 2 unspecified atom stereocenters. The lowest BCUT2D eigenvalue weighted by molar-refractivity contribution is -0.140. The highest BCUT2D eigenvalue weighted by Crippen LogP contribution is 2.35. The first kappa shape index (κ1) is 12.2. The van der Waals surface area contributed by atoms with Gasteiger partial charge in [-0.05, 0) is 25.2 Å². The van der Waals surface area contributed by atoms with Crippen molar-refractivity contribution in [1.29, 1.82) is 0 Å². The molecule has 1 aliphatic carbocycles. The molecule has 3 N–H and O–H groups in total. The molecule has 0 spiro atoms. The van der Waals surface area contributed by atoms with Crippen LogP contribution in [0.5, 0.6) is 0 Å². The maximum absolute atomic E-state index is 11.9. The zero-order chi connectivity index (χ0) is 12.6. The zero-order valence-corrected chi connectivity index (χ0v) is 9.85. The molecule has 2 atom stereocenters. The van der Waals surface area contributed by atoms with Crippen LogP contribution in [0, 0.1) is 5.92 Å². The summed E-state index contributed by atoms with van der Waals surface area (Å²) in [7, 11) is 0. The Morgan fingerprint density at radius 1 is 1.41 bits per heavy atom. The van der Waals surface area contributed by atoms with Gasteiger partial charge in [-0.3, -0.25) is 0 Å². The van der Waals surface area contributed by atoms with Crippen LogP contribution in [0.4, 0.5) is 4.79 Å². The molecule has 2 aliphatic rings. The number of urea groups is 1. The average Bonchev–Trinajstić information content (AvgIpc) is 3.03. The molecule has 6 heteroatoms. The molecule has 96 valence electrons. The minimum atomic E-state index is -1.03. The first-order chi connectivity index (χ1) is 7.94. The summed E-state index contributed by atoms with van der Waals surface area (Å²) in [5.74, 6) is -0.926. The highest BCUT2D eigenvalue weighted by molar-refractivity contribution is 5.89. The minimum Gasteiger partial charge on any atom is -0.480 e. The van der Waals surface area contributed by atoms with Crippen LogP contribution < -0.4 is 5.32 Å². The molecule has 6 nitrogen and oxygen atoms in total. The molecule has 1 saturated heterocycles. The number of rotatable bonds is 2. The number of carboxylic acid groups (broad SMARTS) is 1. The number of hydrogen-bond donors (Lipinski definition) is 3. The molecule has 0 bridgehead atoms. The number of aliphatic carboxylic acids is 1. The third-order valence-corrected chi connectivity index (χ3v) is 3.65. The summed E-state index contributed by atoms with van der Waals surface area (Å²) >= 11 is 0. The van der Waals surface area contributed by atoms with Gasteiger partial charge in [-0.25, -0.2) is 9.59 Å². The molecule has 1 aliphatic heterocycles. The number of aliphatic hydroxyl groups is 1. The van der Waals surface area contributed by atoms with E-state index in [1.54, 1.807) is 4.90 Å². The van der Waals surface area contributed by atoms with E-state index in [1.807, 2.05) is 6.92 Å². The van der Waals surface area contributed by atoms with Gasteiger partial charge in [0.2, 0.25) is 0 Å². The van der Waals surface area contributed by atoms with Gasteiger partial charge in [0.05, 0.1) is 6.10 Å². The fourth-order valence-electron chi connectivity index (χ4n) is 2.12. The van der Waals surface area contributed by atoms with Gasteiger partial charge in [0.1, 0.15) is 5.54 Å². The average molecular weight is 242 g/mol. The Morgan fingerprint density at radius 3 is 2.53 bits per heavy atom. The van der Waals surface area contributed by atoms with Crippen molar-refractivity contribution in [3.8, 4) is 0 Å². The van der Waals surface area contributed by atoms with Gasteiger partial charge in [0.15, 0.2) is 0 Å². The second-order valence-corrected chi connectivity index (χ2v) is 5.10. The van der Waals surface area contributed by atoms with Gasteiger partial charge in [0.25, 0.3) is 0 Å². The lowest BCUT2D eigenvalue weighted by Crippen LogP contribution is -2.53. The monoisotopic (exact) mass is 242 g/mol. The van der Waals surface area contributed by atoms with Crippen molar-refractivity contribution >= 4 is 12.0 Å². The van der Waals surface area contributed by atoms with Crippen molar-refractivity contribution in [2.24, 2.45) is 5.92 Å². The SMILES string of the molecule is CC1CN(C(=O)NC2(C(=O)O)CC2)CCC1O. The molecule has 2 rings (SSSR count). The number of piperidine rings is 1. The van der Waals surface area contributed by atoms with Crippen LogP contribution in [-0.2, 0) is 4.79 Å². The number of aliphatic hydroxyl groups excluding tert-OH is 1. The van der Waals surface area contributed by atoms with E-state index in [4.69, 9.17) is 5.11 Å². The normalized spacial score (nSPS) is 30.8. The molecule has 0 aromatic heterocycles. The largest absolute Gasteiger partial charge is 0.480 e. The Kier molecular flexibility index (Phi) is 2.99. The molecular formula is C11H18N2O4. The lowest BCUT2D eigenvalue weighted by Gasteiger charge is -2.35. The van der Waals surface area contributed by atoms with Gasteiger partial charge in [-0.15, -0.1) is 0 Å². The van der Waals surface area contributed by atoms with Crippen molar-refractivity contribution in [3.63, 3.8) is 0 Å². The van der Waals surface area contributed by atoms with E-state index in [0.29, 0.717) is 32.4 Å². The van der Waals surface area contributed by atoms with E-state index in [0.717, 1.165) is 0 Å².